The van der Waals surface area contributed by atoms with Crippen LogP contribution < -0.4 is 5.73 Å². The van der Waals surface area contributed by atoms with Gasteiger partial charge in [-0.2, -0.15) is 0 Å². The second-order valence-corrected chi connectivity index (χ2v) is 7.23. The summed E-state index contributed by atoms with van der Waals surface area (Å²) in [5.41, 5.74) is 4.45. The zero-order valence-electron chi connectivity index (χ0n) is 18.3. The number of aromatic nitrogens is 4. The zero-order chi connectivity index (χ0) is 24.3. The lowest BCUT2D eigenvalue weighted by Gasteiger charge is -2.34. The Kier molecular flexibility index (Phi) is 6.76. The summed E-state index contributed by atoms with van der Waals surface area (Å²) in [4.78, 5) is 59.3. The second-order valence-electron chi connectivity index (χ2n) is 7.23. The van der Waals surface area contributed by atoms with Crippen LogP contribution in [0.3, 0.4) is 0 Å². The van der Waals surface area contributed by atoms with E-state index in [1.165, 1.54) is 31.1 Å². The SMILES string of the molecule is CC(=O)OCC1OC(COC(C)=O)(n2cnc3c(N)ncnc32)C(OC(C)=O)C1OC(C)=O. The van der Waals surface area contributed by atoms with Crippen LogP contribution in [0.1, 0.15) is 27.7 Å². The highest BCUT2D eigenvalue weighted by atomic mass is 16.7. The topological polar surface area (TPSA) is 184 Å². The highest BCUT2D eigenvalue weighted by molar-refractivity contribution is 5.81. The minimum absolute atomic E-state index is 0.0661. The number of esters is 4. The molecule has 2 N–H and O–H groups in total. The van der Waals surface area contributed by atoms with Crippen molar-refractivity contribution in [3.63, 3.8) is 0 Å². The number of nitrogen functional groups attached to an aromatic ring is 1. The fraction of sp³-hybridized carbons (Fsp3) is 0.526. The highest BCUT2D eigenvalue weighted by Crippen LogP contribution is 2.41. The molecule has 1 aliphatic heterocycles. The smallest absolute Gasteiger partial charge is 0.303 e. The maximum absolute atomic E-state index is 12.0. The van der Waals surface area contributed by atoms with Gasteiger partial charge in [-0.15, -0.1) is 0 Å². The first-order valence-electron chi connectivity index (χ1n) is 9.78. The summed E-state index contributed by atoms with van der Waals surface area (Å²) >= 11 is 0. The molecule has 14 heteroatoms. The van der Waals surface area contributed by atoms with Gasteiger partial charge in [0.25, 0.3) is 0 Å². The van der Waals surface area contributed by atoms with Gasteiger partial charge in [-0.3, -0.25) is 23.7 Å². The van der Waals surface area contributed by atoms with Crippen LogP contribution in [0, 0.1) is 0 Å². The number of ether oxygens (including phenoxy) is 5. The fourth-order valence-corrected chi connectivity index (χ4v) is 3.56. The quantitative estimate of drug-likeness (QED) is 0.406. The first-order valence-corrected chi connectivity index (χ1v) is 9.78. The van der Waals surface area contributed by atoms with Crippen LogP contribution in [-0.2, 0) is 48.6 Å². The Labute approximate surface area is 187 Å². The molecule has 1 aliphatic rings. The lowest BCUT2D eigenvalue weighted by Crippen LogP contribution is -2.52. The normalized spacial score (nSPS) is 24.3. The van der Waals surface area contributed by atoms with Crippen molar-refractivity contribution in [3.05, 3.63) is 12.7 Å². The maximum Gasteiger partial charge on any atom is 0.303 e. The van der Waals surface area contributed by atoms with E-state index in [-0.39, 0.29) is 23.6 Å². The minimum Gasteiger partial charge on any atom is -0.463 e. The van der Waals surface area contributed by atoms with E-state index in [4.69, 9.17) is 29.4 Å². The number of carbonyl (C=O) groups excluding carboxylic acids is 4. The van der Waals surface area contributed by atoms with Crippen molar-refractivity contribution in [2.24, 2.45) is 0 Å². The molecule has 0 radical (unpaired) electrons. The average Bonchev–Trinajstić information content (AvgIpc) is 3.26. The van der Waals surface area contributed by atoms with Crippen molar-refractivity contribution in [3.8, 4) is 0 Å². The molecule has 0 aromatic carbocycles. The van der Waals surface area contributed by atoms with Crippen LogP contribution in [0.2, 0.25) is 0 Å². The first kappa shape index (κ1) is 23.8. The number of imidazole rings is 1. The van der Waals surface area contributed by atoms with E-state index >= 15 is 0 Å². The van der Waals surface area contributed by atoms with E-state index in [2.05, 4.69) is 15.0 Å². The minimum atomic E-state index is -1.81. The van der Waals surface area contributed by atoms with Crippen molar-refractivity contribution in [2.75, 3.05) is 18.9 Å². The molecule has 0 spiro atoms. The molecule has 0 amide bonds. The van der Waals surface area contributed by atoms with Crippen LogP contribution >= 0.6 is 0 Å². The van der Waals surface area contributed by atoms with Gasteiger partial charge >= 0.3 is 23.9 Å². The molecule has 2 aromatic rings. The largest absolute Gasteiger partial charge is 0.463 e. The van der Waals surface area contributed by atoms with Crippen molar-refractivity contribution in [2.45, 2.75) is 51.7 Å². The number of carbonyl (C=O) groups is 4. The molecule has 2 aromatic heterocycles. The summed E-state index contributed by atoms with van der Waals surface area (Å²) in [5, 5.41) is 0. The molecular formula is C19H23N5O9. The Morgan fingerprint density at radius 1 is 1.00 bits per heavy atom. The molecule has 1 fully saturated rings. The number of nitrogens with zero attached hydrogens (tertiary/aromatic N) is 4. The Morgan fingerprint density at radius 2 is 1.67 bits per heavy atom. The van der Waals surface area contributed by atoms with Gasteiger partial charge in [0.1, 0.15) is 31.2 Å². The van der Waals surface area contributed by atoms with E-state index in [0.29, 0.717) is 0 Å². The van der Waals surface area contributed by atoms with Gasteiger partial charge in [-0.25, -0.2) is 15.0 Å². The molecule has 0 saturated carbocycles. The van der Waals surface area contributed by atoms with E-state index in [1.54, 1.807) is 0 Å². The van der Waals surface area contributed by atoms with Crippen LogP contribution in [0.25, 0.3) is 11.2 Å². The lowest BCUT2D eigenvalue weighted by molar-refractivity contribution is -0.200. The van der Waals surface area contributed by atoms with Crippen molar-refractivity contribution in [1.82, 2.24) is 19.5 Å². The molecule has 1 saturated heterocycles. The Morgan fingerprint density at radius 3 is 2.27 bits per heavy atom. The Balaban J connectivity index is 2.21. The summed E-state index contributed by atoms with van der Waals surface area (Å²) < 4.78 is 28.8. The molecule has 0 bridgehead atoms. The Bertz CT molecular complexity index is 1090. The van der Waals surface area contributed by atoms with Gasteiger partial charge in [0.15, 0.2) is 23.7 Å². The van der Waals surface area contributed by atoms with E-state index in [9.17, 15) is 19.2 Å². The van der Waals surface area contributed by atoms with Crippen LogP contribution in [0.5, 0.6) is 0 Å². The standard InChI is InChI=1S/C19H23N5O9/c1-9(25)29-5-13-15(31-11(3)27)16(32-12(4)28)19(33-13,6-30-10(2)26)24-8-23-14-17(20)21-7-22-18(14)24/h7-8,13,15-16H,5-6H2,1-4H3,(H2,20,21,22). The van der Waals surface area contributed by atoms with Gasteiger partial charge in [-0.05, 0) is 0 Å². The summed E-state index contributed by atoms with van der Waals surface area (Å²) in [5.74, 6) is -2.66. The number of anilines is 1. The molecule has 178 valence electrons. The number of hydrogen-bond acceptors (Lipinski definition) is 13. The van der Waals surface area contributed by atoms with Gasteiger partial charge in [-0.1, -0.05) is 0 Å². The van der Waals surface area contributed by atoms with E-state index in [0.717, 1.165) is 13.8 Å². The molecule has 4 unspecified atom stereocenters. The van der Waals surface area contributed by atoms with E-state index in [1.807, 2.05) is 0 Å². The molecule has 4 atom stereocenters. The number of fused-ring (bicyclic) bond motifs is 1. The van der Waals surface area contributed by atoms with Gasteiger partial charge < -0.3 is 29.4 Å². The zero-order valence-corrected chi connectivity index (χ0v) is 18.3. The second kappa shape index (κ2) is 9.36. The number of nitrogens with two attached hydrogens (primary N) is 1. The summed E-state index contributed by atoms with van der Waals surface area (Å²) in [6.45, 7) is 3.82. The lowest BCUT2D eigenvalue weighted by atomic mass is 10.0. The summed E-state index contributed by atoms with van der Waals surface area (Å²) in [6, 6.07) is 0. The fourth-order valence-electron chi connectivity index (χ4n) is 3.56. The predicted molar refractivity (Wildman–Crippen MR) is 107 cm³/mol. The molecule has 3 heterocycles. The number of rotatable bonds is 7. The predicted octanol–water partition coefficient (Wildman–Crippen LogP) is -0.550. The molecule has 0 aliphatic carbocycles. The van der Waals surface area contributed by atoms with Crippen LogP contribution in [-0.4, -0.2) is 74.9 Å². The Hall–Kier alpha value is -3.81. The highest BCUT2D eigenvalue weighted by Gasteiger charge is 2.62. The van der Waals surface area contributed by atoms with Gasteiger partial charge in [0.05, 0.1) is 6.33 Å². The third-order valence-corrected chi connectivity index (χ3v) is 4.76. The molecule has 14 nitrogen and oxygen atoms in total. The number of hydrogen-bond donors (Lipinski definition) is 1. The van der Waals surface area contributed by atoms with Crippen molar-refractivity contribution < 1.29 is 42.9 Å². The molecule has 33 heavy (non-hydrogen) atoms. The summed E-state index contributed by atoms with van der Waals surface area (Å²) in [6.07, 6.45) is -1.22. The monoisotopic (exact) mass is 465 g/mol. The third-order valence-electron chi connectivity index (χ3n) is 4.76. The average molecular weight is 465 g/mol. The third kappa shape index (κ3) is 4.84. The van der Waals surface area contributed by atoms with Crippen molar-refractivity contribution in [1.29, 1.82) is 0 Å². The van der Waals surface area contributed by atoms with Gasteiger partial charge in [0, 0.05) is 27.7 Å². The first-order chi connectivity index (χ1) is 15.5. The molecular weight excluding hydrogens is 442 g/mol. The van der Waals surface area contributed by atoms with Crippen LogP contribution in [0.4, 0.5) is 5.82 Å². The maximum atomic E-state index is 12.0. The van der Waals surface area contributed by atoms with E-state index < -0.39 is 54.5 Å². The summed E-state index contributed by atoms with van der Waals surface area (Å²) in [7, 11) is 0. The molecule has 3 rings (SSSR count). The van der Waals surface area contributed by atoms with Crippen molar-refractivity contribution >= 4 is 40.9 Å². The van der Waals surface area contributed by atoms with Gasteiger partial charge in [0.2, 0.25) is 5.72 Å². The van der Waals surface area contributed by atoms with Crippen LogP contribution in [0.15, 0.2) is 12.7 Å².